The number of carbonyl (C=O) groups is 1. The molecule has 5 nitrogen and oxygen atoms in total. The summed E-state index contributed by atoms with van der Waals surface area (Å²) in [4.78, 5) is 14.2. The van der Waals surface area contributed by atoms with Crippen molar-refractivity contribution in [2.75, 3.05) is 17.8 Å². The Morgan fingerprint density at radius 2 is 1.60 bits per heavy atom. The molecule has 6 heteroatoms. The highest BCUT2D eigenvalue weighted by Gasteiger charge is 2.17. The molecule has 132 valence electrons. The van der Waals surface area contributed by atoms with Gasteiger partial charge in [0.2, 0.25) is 5.91 Å². The zero-order chi connectivity index (χ0) is 17.7. The molecule has 0 atom stereocenters. The van der Waals surface area contributed by atoms with Crippen LogP contribution in [0.2, 0.25) is 0 Å². The van der Waals surface area contributed by atoms with Crippen LogP contribution in [0.15, 0.2) is 59.5 Å². The Bertz CT molecular complexity index is 812. The van der Waals surface area contributed by atoms with Gasteiger partial charge in [0, 0.05) is 25.2 Å². The molecule has 1 aliphatic heterocycles. The second kappa shape index (κ2) is 7.70. The highest BCUT2D eigenvalue weighted by atomic mass is 32.2. The minimum atomic E-state index is -3.57. The number of amides is 1. The molecule has 0 unspecified atom stereocenters. The van der Waals surface area contributed by atoms with Crippen molar-refractivity contribution in [2.45, 2.75) is 30.6 Å². The van der Waals surface area contributed by atoms with Crippen molar-refractivity contribution < 1.29 is 13.2 Å². The van der Waals surface area contributed by atoms with Crippen LogP contribution in [0.1, 0.15) is 24.8 Å². The Morgan fingerprint density at radius 1 is 0.960 bits per heavy atom. The first-order valence-electron chi connectivity index (χ1n) is 8.49. The predicted molar refractivity (Wildman–Crippen MR) is 97.8 cm³/mol. The molecule has 1 N–H and O–H groups in total. The van der Waals surface area contributed by atoms with Crippen molar-refractivity contribution in [1.82, 2.24) is 4.90 Å². The Hall–Kier alpha value is -2.34. The number of benzene rings is 2. The van der Waals surface area contributed by atoms with E-state index in [4.69, 9.17) is 0 Å². The maximum Gasteiger partial charge on any atom is 0.261 e. The van der Waals surface area contributed by atoms with E-state index < -0.39 is 10.0 Å². The summed E-state index contributed by atoms with van der Waals surface area (Å²) >= 11 is 0. The number of aryl methyl sites for hydroxylation is 1. The summed E-state index contributed by atoms with van der Waals surface area (Å²) in [7, 11) is -3.57. The molecule has 1 heterocycles. The molecule has 1 fully saturated rings. The number of hydrogen-bond donors (Lipinski definition) is 1. The molecule has 0 saturated carbocycles. The summed E-state index contributed by atoms with van der Waals surface area (Å²) in [5, 5.41) is 0. The molecule has 1 amide bonds. The largest absolute Gasteiger partial charge is 0.343 e. The zero-order valence-corrected chi connectivity index (χ0v) is 14.8. The van der Waals surface area contributed by atoms with Crippen molar-refractivity contribution in [3.05, 3.63) is 60.2 Å². The third-order valence-electron chi connectivity index (χ3n) is 4.35. The quantitative estimate of drug-likeness (QED) is 0.863. The SMILES string of the molecule is O=C(CCc1ccc(NS(=O)(=O)c2ccccc2)cc1)N1CCCC1. The third-order valence-corrected chi connectivity index (χ3v) is 5.74. The maximum atomic E-state index is 12.3. The van der Waals surface area contributed by atoms with Crippen LogP contribution in [0.5, 0.6) is 0 Å². The van der Waals surface area contributed by atoms with Gasteiger partial charge in [-0.15, -0.1) is 0 Å². The molecule has 25 heavy (non-hydrogen) atoms. The second-order valence-electron chi connectivity index (χ2n) is 6.20. The van der Waals surface area contributed by atoms with E-state index in [9.17, 15) is 13.2 Å². The van der Waals surface area contributed by atoms with Crippen LogP contribution in [0.4, 0.5) is 5.69 Å². The van der Waals surface area contributed by atoms with Crippen molar-refractivity contribution in [3.63, 3.8) is 0 Å². The van der Waals surface area contributed by atoms with E-state index in [1.807, 2.05) is 17.0 Å². The third kappa shape index (κ3) is 4.60. The summed E-state index contributed by atoms with van der Waals surface area (Å²) in [6.07, 6.45) is 3.36. The lowest BCUT2D eigenvalue weighted by atomic mass is 10.1. The minimum Gasteiger partial charge on any atom is -0.343 e. The lowest BCUT2D eigenvalue weighted by molar-refractivity contribution is -0.130. The number of nitrogens with zero attached hydrogens (tertiary/aromatic N) is 1. The summed E-state index contributed by atoms with van der Waals surface area (Å²) in [5.74, 6) is 0.200. The maximum absolute atomic E-state index is 12.3. The number of hydrogen-bond acceptors (Lipinski definition) is 3. The minimum absolute atomic E-state index is 0.200. The van der Waals surface area contributed by atoms with E-state index >= 15 is 0 Å². The fourth-order valence-corrected chi connectivity index (χ4v) is 4.01. The lowest BCUT2D eigenvalue weighted by Gasteiger charge is -2.15. The van der Waals surface area contributed by atoms with Crippen LogP contribution in [0.3, 0.4) is 0 Å². The van der Waals surface area contributed by atoms with Crippen molar-refractivity contribution in [1.29, 1.82) is 0 Å². The van der Waals surface area contributed by atoms with E-state index in [1.54, 1.807) is 42.5 Å². The molecular weight excluding hydrogens is 336 g/mol. The zero-order valence-electron chi connectivity index (χ0n) is 14.0. The molecule has 0 spiro atoms. The molecule has 0 aromatic heterocycles. The molecule has 1 aliphatic rings. The normalized spacial score (nSPS) is 14.5. The van der Waals surface area contributed by atoms with Gasteiger partial charge in [-0.3, -0.25) is 9.52 Å². The number of anilines is 1. The van der Waals surface area contributed by atoms with Crippen molar-refractivity contribution in [2.24, 2.45) is 0 Å². The van der Waals surface area contributed by atoms with Crippen molar-refractivity contribution in [3.8, 4) is 0 Å². The average molecular weight is 358 g/mol. The van der Waals surface area contributed by atoms with Gasteiger partial charge in [0.25, 0.3) is 10.0 Å². The van der Waals surface area contributed by atoms with Crippen LogP contribution < -0.4 is 4.72 Å². The summed E-state index contributed by atoms with van der Waals surface area (Å²) in [5.41, 5.74) is 1.54. The van der Waals surface area contributed by atoms with E-state index in [2.05, 4.69) is 4.72 Å². The molecule has 0 bridgehead atoms. The standard InChI is InChI=1S/C19H22N2O3S/c22-19(21-14-4-5-15-21)13-10-16-8-11-17(12-9-16)20-25(23,24)18-6-2-1-3-7-18/h1-3,6-9,11-12,20H,4-5,10,13-15H2. The molecule has 2 aromatic rings. The van der Waals surface area contributed by atoms with Crippen LogP contribution in [0, 0.1) is 0 Å². The first-order valence-corrected chi connectivity index (χ1v) is 9.97. The average Bonchev–Trinajstić information content (AvgIpc) is 3.16. The second-order valence-corrected chi connectivity index (χ2v) is 7.89. The number of carbonyl (C=O) groups excluding carboxylic acids is 1. The molecular formula is C19H22N2O3S. The Morgan fingerprint density at radius 3 is 2.24 bits per heavy atom. The van der Waals surface area contributed by atoms with E-state index in [0.717, 1.165) is 31.5 Å². The van der Waals surface area contributed by atoms with Crippen molar-refractivity contribution >= 4 is 21.6 Å². The molecule has 2 aromatic carbocycles. The van der Waals surface area contributed by atoms with Gasteiger partial charge in [0.05, 0.1) is 4.90 Å². The molecule has 0 radical (unpaired) electrons. The van der Waals surface area contributed by atoms with Crippen LogP contribution in [0.25, 0.3) is 0 Å². The summed E-state index contributed by atoms with van der Waals surface area (Å²) in [6.45, 7) is 1.75. The van der Waals surface area contributed by atoms with Crippen LogP contribution in [-0.4, -0.2) is 32.3 Å². The summed E-state index contributed by atoms with van der Waals surface area (Å²) in [6, 6.07) is 15.5. The number of rotatable bonds is 6. The van der Waals surface area contributed by atoms with Gasteiger partial charge in [-0.2, -0.15) is 0 Å². The van der Waals surface area contributed by atoms with Gasteiger partial charge in [-0.25, -0.2) is 8.42 Å². The number of likely N-dealkylation sites (tertiary alicyclic amines) is 1. The van der Waals surface area contributed by atoms with E-state index in [-0.39, 0.29) is 10.8 Å². The van der Waals surface area contributed by atoms with Gasteiger partial charge < -0.3 is 4.90 Å². The highest BCUT2D eigenvalue weighted by molar-refractivity contribution is 7.92. The smallest absolute Gasteiger partial charge is 0.261 e. The molecule has 0 aliphatic carbocycles. The molecule has 3 rings (SSSR count). The highest BCUT2D eigenvalue weighted by Crippen LogP contribution is 2.17. The summed E-state index contributed by atoms with van der Waals surface area (Å²) < 4.78 is 27.1. The fourth-order valence-electron chi connectivity index (χ4n) is 2.93. The Kier molecular flexibility index (Phi) is 5.38. The van der Waals surface area contributed by atoms with Crippen LogP contribution >= 0.6 is 0 Å². The fraction of sp³-hybridized carbons (Fsp3) is 0.316. The molecule has 1 saturated heterocycles. The van der Waals surface area contributed by atoms with Gasteiger partial charge in [0.15, 0.2) is 0 Å². The predicted octanol–water partition coefficient (Wildman–Crippen LogP) is 3.04. The Balaban J connectivity index is 1.58. The monoisotopic (exact) mass is 358 g/mol. The number of nitrogens with one attached hydrogen (secondary N) is 1. The number of sulfonamides is 1. The van der Waals surface area contributed by atoms with Gasteiger partial charge >= 0.3 is 0 Å². The Labute approximate surface area is 148 Å². The van der Waals surface area contributed by atoms with E-state index in [0.29, 0.717) is 18.5 Å². The van der Waals surface area contributed by atoms with Gasteiger partial charge in [0.1, 0.15) is 0 Å². The van der Waals surface area contributed by atoms with Gasteiger partial charge in [-0.1, -0.05) is 30.3 Å². The lowest BCUT2D eigenvalue weighted by Crippen LogP contribution is -2.27. The first kappa shape index (κ1) is 17.5. The van der Waals surface area contributed by atoms with Crippen LogP contribution in [-0.2, 0) is 21.2 Å². The first-order chi connectivity index (χ1) is 12.0. The van der Waals surface area contributed by atoms with E-state index in [1.165, 1.54) is 0 Å². The van der Waals surface area contributed by atoms with Gasteiger partial charge in [-0.05, 0) is 49.1 Å². The topological polar surface area (TPSA) is 66.5 Å².